The van der Waals surface area contributed by atoms with Gasteiger partial charge < -0.3 is 15.0 Å². The molecule has 1 rings (SSSR count). The molecular weight excluding hydrogens is 276 g/mol. The Morgan fingerprint density at radius 2 is 2.20 bits per heavy atom. The van der Waals surface area contributed by atoms with E-state index in [0.29, 0.717) is 0 Å². The van der Waals surface area contributed by atoms with Crippen LogP contribution < -0.4 is 5.32 Å². The lowest BCUT2D eigenvalue weighted by Crippen LogP contribution is -2.39. The van der Waals surface area contributed by atoms with E-state index >= 15 is 0 Å². The minimum atomic E-state index is -3.43. The molecule has 0 saturated heterocycles. The van der Waals surface area contributed by atoms with Crippen molar-refractivity contribution >= 4 is 11.6 Å². The third-order valence-electron chi connectivity index (χ3n) is 2.57. The number of aliphatic hydroxyl groups excluding tert-OH is 1. The van der Waals surface area contributed by atoms with Gasteiger partial charge in [-0.2, -0.15) is 0 Å². The molecule has 112 valence electrons. The number of rotatable bonds is 6. The zero-order valence-corrected chi connectivity index (χ0v) is 11.0. The van der Waals surface area contributed by atoms with Gasteiger partial charge in [-0.25, -0.2) is 8.78 Å². The molecule has 0 bridgehead atoms. The van der Waals surface area contributed by atoms with Crippen molar-refractivity contribution in [3.05, 3.63) is 28.1 Å². The van der Waals surface area contributed by atoms with Crippen LogP contribution in [0, 0.1) is 10.1 Å². The summed E-state index contributed by atoms with van der Waals surface area (Å²) in [5, 5.41) is 21.0. The Bertz CT molecular complexity index is 514. The lowest BCUT2D eigenvalue weighted by molar-refractivity contribution is -0.384. The number of aliphatic hydroxyl groups is 1. The molecule has 0 aliphatic carbocycles. The first-order chi connectivity index (χ1) is 9.18. The van der Waals surface area contributed by atoms with Crippen LogP contribution in [0.3, 0.4) is 0 Å². The maximum Gasteiger partial charge on any atom is 0.287 e. The molecule has 0 atom stereocenters. The average Bonchev–Trinajstić information content (AvgIpc) is 2.81. The first-order valence-electron chi connectivity index (χ1n) is 5.81. The number of nitrogens with one attached hydrogen (secondary N) is 1. The summed E-state index contributed by atoms with van der Waals surface area (Å²) in [4.78, 5) is 21.8. The Labute approximate surface area is 113 Å². The van der Waals surface area contributed by atoms with Gasteiger partial charge in [-0.3, -0.25) is 14.9 Å². The van der Waals surface area contributed by atoms with Crippen LogP contribution in [0.25, 0.3) is 0 Å². The van der Waals surface area contributed by atoms with Gasteiger partial charge in [0.1, 0.15) is 12.3 Å². The molecule has 0 aliphatic heterocycles. The van der Waals surface area contributed by atoms with E-state index in [1.54, 1.807) is 13.8 Å². The molecule has 0 aliphatic rings. The normalized spacial score (nSPS) is 11.7. The zero-order chi connectivity index (χ0) is 15.5. The summed E-state index contributed by atoms with van der Waals surface area (Å²) in [5.41, 5.74) is -0.377. The predicted octanol–water partition coefficient (Wildman–Crippen LogP) is 1.33. The molecule has 0 radical (unpaired) electrons. The number of nitro groups is 1. The van der Waals surface area contributed by atoms with Crippen LogP contribution >= 0.6 is 0 Å². The number of aromatic nitrogens is 1. The number of amides is 1. The van der Waals surface area contributed by atoms with Crippen molar-refractivity contribution in [3.63, 3.8) is 0 Å². The number of nitrogens with zero attached hydrogens (tertiary/aromatic N) is 2. The Balaban J connectivity index is 2.94. The van der Waals surface area contributed by atoms with Gasteiger partial charge in [-0.1, -0.05) is 0 Å². The molecular formula is C11H15F2N3O4. The van der Waals surface area contributed by atoms with Crippen LogP contribution in [0.2, 0.25) is 0 Å². The highest BCUT2D eigenvalue weighted by Crippen LogP contribution is 2.21. The Hall–Kier alpha value is -2.03. The van der Waals surface area contributed by atoms with Gasteiger partial charge >= 0.3 is 0 Å². The second kappa shape index (κ2) is 5.95. The number of hydrogen-bond acceptors (Lipinski definition) is 4. The fourth-order valence-electron chi connectivity index (χ4n) is 1.53. The van der Waals surface area contributed by atoms with Gasteiger partial charge in [0.2, 0.25) is 0 Å². The molecule has 0 saturated carbocycles. The quantitative estimate of drug-likeness (QED) is 0.610. The monoisotopic (exact) mass is 291 g/mol. The minimum Gasteiger partial charge on any atom is -0.390 e. The third kappa shape index (κ3) is 3.73. The molecule has 0 aromatic carbocycles. The molecule has 1 amide bonds. The smallest absolute Gasteiger partial charge is 0.287 e. The van der Waals surface area contributed by atoms with Crippen molar-refractivity contribution in [2.24, 2.45) is 0 Å². The first kappa shape index (κ1) is 16.0. The van der Waals surface area contributed by atoms with E-state index in [-0.39, 0.29) is 17.4 Å². The number of carbonyl (C=O) groups is 1. The van der Waals surface area contributed by atoms with Crippen molar-refractivity contribution in [1.29, 1.82) is 0 Å². The molecule has 1 heterocycles. The standard InChI is InChI=1S/C11H15F2N3O4/c1-7(2)15-4-8(16(19)20)3-9(15)10(18)14-5-11(12,13)6-17/h3-4,7,17H,5-6H2,1-2H3,(H,14,18). The van der Waals surface area contributed by atoms with Crippen LogP contribution in [0.4, 0.5) is 14.5 Å². The highest BCUT2D eigenvalue weighted by Gasteiger charge is 2.29. The molecule has 1 aromatic rings. The first-order valence-corrected chi connectivity index (χ1v) is 5.81. The van der Waals surface area contributed by atoms with Crippen molar-refractivity contribution < 1.29 is 23.6 Å². The van der Waals surface area contributed by atoms with Crippen LogP contribution in [0.5, 0.6) is 0 Å². The number of hydrogen-bond donors (Lipinski definition) is 2. The van der Waals surface area contributed by atoms with Crippen LogP contribution in [-0.4, -0.2) is 39.6 Å². The van der Waals surface area contributed by atoms with Crippen molar-refractivity contribution in [1.82, 2.24) is 9.88 Å². The maximum absolute atomic E-state index is 12.8. The van der Waals surface area contributed by atoms with Gasteiger partial charge in [0.05, 0.1) is 17.7 Å². The summed E-state index contributed by atoms with van der Waals surface area (Å²) in [6, 6.07) is 0.773. The maximum atomic E-state index is 12.8. The molecule has 20 heavy (non-hydrogen) atoms. The van der Waals surface area contributed by atoms with E-state index < -0.39 is 29.9 Å². The highest BCUT2D eigenvalue weighted by molar-refractivity contribution is 5.93. The molecule has 0 fully saturated rings. The summed E-state index contributed by atoms with van der Waals surface area (Å²) in [6.45, 7) is 0.962. The van der Waals surface area contributed by atoms with Gasteiger partial charge in [-0.15, -0.1) is 0 Å². The van der Waals surface area contributed by atoms with Gasteiger partial charge in [0.25, 0.3) is 17.5 Å². The van der Waals surface area contributed by atoms with Gasteiger partial charge in [0.15, 0.2) is 0 Å². The Morgan fingerprint density at radius 1 is 1.60 bits per heavy atom. The fourth-order valence-corrected chi connectivity index (χ4v) is 1.53. The minimum absolute atomic E-state index is 0.0829. The van der Waals surface area contributed by atoms with Crippen molar-refractivity contribution in [2.45, 2.75) is 25.8 Å². The van der Waals surface area contributed by atoms with E-state index in [1.807, 2.05) is 5.32 Å². The fraction of sp³-hybridized carbons (Fsp3) is 0.545. The second-order valence-electron chi connectivity index (χ2n) is 4.54. The highest BCUT2D eigenvalue weighted by atomic mass is 19.3. The largest absolute Gasteiger partial charge is 0.390 e. The van der Waals surface area contributed by atoms with Crippen LogP contribution in [0.15, 0.2) is 12.3 Å². The molecule has 9 heteroatoms. The van der Waals surface area contributed by atoms with E-state index in [4.69, 9.17) is 5.11 Å². The van der Waals surface area contributed by atoms with Crippen LogP contribution in [-0.2, 0) is 0 Å². The van der Waals surface area contributed by atoms with Gasteiger partial charge in [-0.05, 0) is 13.8 Å². The van der Waals surface area contributed by atoms with E-state index in [1.165, 1.54) is 10.8 Å². The topological polar surface area (TPSA) is 97.4 Å². The second-order valence-corrected chi connectivity index (χ2v) is 4.54. The lowest BCUT2D eigenvalue weighted by atomic mass is 10.3. The third-order valence-corrected chi connectivity index (χ3v) is 2.57. The molecule has 2 N–H and O–H groups in total. The SMILES string of the molecule is CC(C)n1cc([N+](=O)[O-])cc1C(=O)NCC(F)(F)CO. The molecule has 0 spiro atoms. The van der Waals surface area contributed by atoms with Crippen LogP contribution in [0.1, 0.15) is 30.4 Å². The molecule has 0 unspecified atom stereocenters. The Kier molecular flexibility index (Phi) is 4.77. The number of halogens is 2. The summed E-state index contributed by atoms with van der Waals surface area (Å²) in [5.74, 6) is -4.29. The zero-order valence-electron chi connectivity index (χ0n) is 11.0. The Morgan fingerprint density at radius 3 is 2.65 bits per heavy atom. The van der Waals surface area contributed by atoms with Gasteiger partial charge in [0, 0.05) is 12.1 Å². The van der Waals surface area contributed by atoms with E-state index in [9.17, 15) is 23.7 Å². The summed E-state index contributed by atoms with van der Waals surface area (Å²) in [7, 11) is 0. The summed E-state index contributed by atoms with van der Waals surface area (Å²) < 4.78 is 27.0. The number of carbonyl (C=O) groups excluding carboxylic acids is 1. The summed E-state index contributed by atoms with van der Waals surface area (Å²) >= 11 is 0. The van der Waals surface area contributed by atoms with Crippen molar-refractivity contribution in [3.8, 4) is 0 Å². The predicted molar refractivity (Wildman–Crippen MR) is 65.8 cm³/mol. The summed E-state index contributed by atoms with van der Waals surface area (Å²) in [6.07, 6.45) is 1.17. The lowest BCUT2D eigenvalue weighted by Gasteiger charge is -2.15. The van der Waals surface area contributed by atoms with E-state index in [0.717, 1.165) is 6.07 Å². The molecule has 7 nitrogen and oxygen atoms in total. The van der Waals surface area contributed by atoms with Crippen molar-refractivity contribution in [2.75, 3.05) is 13.2 Å². The average molecular weight is 291 g/mol. The number of alkyl halides is 2. The van der Waals surface area contributed by atoms with E-state index in [2.05, 4.69) is 0 Å². The molecule has 1 aromatic heterocycles.